The van der Waals surface area contributed by atoms with E-state index < -0.39 is 11.9 Å². The van der Waals surface area contributed by atoms with Crippen molar-refractivity contribution in [3.63, 3.8) is 0 Å². The highest BCUT2D eigenvalue weighted by Crippen LogP contribution is 2.30. The monoisotopic (exact) mass is 591 g/mol. The Morgan fingerprint density at radius 3 is 2.38 bits per heavy atom. The summed E-state index contributed by atoms with van der Waals surface area (Å²) < 4.78 is 0. The molecule has 2 saturated heterocycles. The van der Waals surface area contributed by atoms with Crippen LogP contribution in [0.25, 0.3) is 0 Å². The van der Waals surface area contributed by atoms with Gasteiger partial charge in [-0.2, -0.15) is 0 Å². The molecule has 4 rings (SSSR count). The van der Waals surface area contributed by atoms with E-state index in [1.54, 1.807) is 24.3 Å². The second-order valence-electron chi connectivity index (χ2n) is 10.9. The molecule has 0 spiro atoms. The number of amides is 2. The molecule has 1 aromatic heterocycles. The second kappa shape index (κ2) is 13.3. The van der Waals surface area contributed by atoms with Crippen LogP contribution >= 0.6 is 23.2 Å². The highest BCUT2D eigenvalue weighted by Gasteiger charge is 2.35. The number of halogens is 2. The molecule has 2 aliphatic rings. The number of piperazine rings is 1. The molecule has 0 bridgehead atoms. The third-order valence-electron chi connectivity index (χ3n) is 8.01. The molecule has 218 valence electrons. The van der Waals surface area contributed by atoms with Crippen LogP contribution in [0, 0.1) is 5.92 Å². The van der Waals surface area contributed by atoms with Crippen molar-refractivity contribution in [2.24, 2.45) is 5.92 Å². The van der Waals surface area contributed by atoms with Gasteiger partial charge in [0.05, 0.1) is 12.6 Å². The average molecular weight is 593 g/mol. The number of benzene rings is 1. The van der Waals surface area contributed by atoms with Gasteiger partial charge in [0, 0.05) is 55.4 Å². The van der Waals surface area contributed by atoms with Crippen molar-refractivity contribution < 1.29 is 14.7 Å². The van der Waals surface area contributed by atoms with E-state index in [4.69, 9.17) is 28.9 Å². The van der Waals surface area contributed by atoms with Crippen molar-refractivity contribution in [1.82, 2.24) is 25.1 Å². The number of aliphatic hydroxyl groups is 1. The molecule has 0 radical (unpaired) electrons. The number of hydrogen-bond acceptors (Lipinski definition) is 8. The van der Waals surface area contributed by atoms with Gasteiger partial charge in [0.25, 0.3) is 11.8 Å². The minimum atomic E-state index is -0.511. The van der Waals surface area contributed by atoms with Crippen molar-refractivity contribution >= 4 is 46.7 Å². The number of nitrogens with zero attached hydrogens (tertiary/aromatic N) is 5. The number of aliphatic hydroxyl groups excluding tert-OH is 1. The van der Waals surface area contributed by atoms with Gasteiger partial charge in [-0.1, -0.05) is 44.0 Å². The van der Waals surface area contributed by atoms with Gasteiger partial charge in [0.2, 0.25) is 0 Å². The van der Waals surface area contributed by atoms with Crippen LogP contribution in [0.1, 0.15) is 60.9 Å². The van der Waals surface area contributed by atoms with E-state index in [2.05, 4.69) is 32.0 Å². The minimum absolute atomic E-state index is 0.00514. The number of carbonyl (C=O) groups is 2. The maximum atomic E-state index is 12.9. The summed E-state index contributed by atoms with van der Waals surface area (Å²) >= 11 is 12.5. The number of nitrogen functional groups attached to an aromatic ring is 1. The molecule has 2 atom stereocenters. The summed E-state index contributed by atoms with van der Waals surface area (Å²) in [6.45, 7) is 9.44. The summed E-state index contributed by atoms with van der Waals surface area (Å²) in [5, 5.41) is 13.0. The third kappa shape index (κ3) is 6.79. The maximum Gasteiger partial charge on any atom is 0.274 e. The fourth-order valence-electron chi connectivity index (χ4n) is 5.53. The normalized spacial score (nSPS) is 19.6. The maximum absolute atomic E-state index is 12.9. The van der Waals surface area contributed by atoms with E-state index in [1.165, 1.54) is 0 Å². The van der Waals surface area contributed by atoms with Gasteiger partial charge >= 0.3 is 0 Å². The first-order chi connectivity index (χ1) is 19.1. The number of nitrogens with two attached hydrogens (primary N) is 1. The number of hydrogen-bond donors (Lipinski definition) is 3. The van der Waals surface area contributed by atoms with E-state index in [9.17, 15) is 14.7 Å². The zero-order valence-corrected chi connectivity index (χ0v) is 24.8. The zero-order valence-electron chi connectivity index (χ0n) is 23.3. The van der Waals surface area contributed by atoms with Crippen molar-refractivity contribution in [3.8, 4) is 0 Å². The van der Waals surface area contributed by atoms with Crippen LogP contribution in [-0.4, -0.2) is 94.1 Å². The summed E-state index contributed by atoms with van der Waals surface area (Å²) in [5.41, 5.74) is 6.78. The van der Waals surface area contributed by atoms with Gasteiger partial charge in [-0.15, -0.1) is 0 Å². The van der Waals surface area contributed by atoms with Crippen LogP contribution in [0.2, 0.25) is 10.2 Å². The predicted molar refractivity (Wildman–Crippen MR) is 158 cm³/mol. The molecular formula is C28H39Cl2N7O3. The molecule has 0 aliphatic carbocycles. The van der Waals surface area contributed by atoms with Gasteiger partial charge in [-0.05, 0) is 49.4 Å². The van der Waals surface area contributed by atoms with Crippen LogP contribution < -0.4 is 16.0 Å². The number of aromatic nitrogens is 2. The molecule has 10 nitrogen and oxygen atoms in total. The lowest BCUT2D eigenvalue weighted by molar-refractivity contribution is 0.0490. The first kappa shape index (κ1) is 30.3. The van der Waals surface area contributed by atoms with Gasteiger partial charge in [-0.3, -0.25) is 14.5 Å². The van der Waals surface area contributed by atoms with Crippen molar-refractivity contribution in [2.75, 3.05) is 50.0 Å². The molecule has 0 saturated carbocycles. The van der Waals surface area contributed by atoms with E-state index in [-0.39, 0.29) is 41.1 Å². The van der Waals surface area contributed by atoms with Crippen LogP contribution in [0.3, 0.4) is 0 Å². The van der Waals surface area contributed by atoms with Crippen LogP contribution in [0.15, 0.2) is 24.3 Å². The number of carbonyl (C=O) groups excluding carboxylic acids is 2. The topological polar surface area (TPSA) is 128 Å². The van der Waals surface area contributed by atoms with E-state index in [1.807, 2.05) is 18.7 Å². The third-order valence-corrected chi connectivity index (χ3v) is 8.51. The number of likely N-dealkylation sites (tertiary alicyclic amines) is 1. The molecule has 40 heavy (non-hydrogen) atoms. The average Bonchev–Trinajstić information content (AvgIpc) is 2.96. The number of nitrogens with one attached hydrogen (secondary N) is 1. The summed E-state index contributed by atoms with van der Waals surface area (Å²) in [6.07, 6.45) is 2.77. The summed E-state index contributed by atoms with van der Waals surface area (Å²) in [4.78, 5) is 41.0. The van der Waals surface area contributed by atoms with Crippen molar-refractivity contribution in [1.29, 1.82) is 0 Å². The predicted octanol–water partition coefficient (Wildman–Crippen LogP) is 3.32. The minimum Gasteiger partial charge on any atom is -0.394 e. The molecule has 2 amide bonds. The van der Waals surface area contributed by atoms with Gasteiger partial charge in [-0.25, -0.2) is 9.97 Å². The summed E-state index contributed by atoms with van der Waals surface area (Å²) in [5.74, 6) is 0.0519. The number of piperidine rings is 1. The Morgan fingerprint density at radius 2 is 1.77 bits per heavy atom. The lowest BCUT2D eigenvalue weighted by Gasteiger charge is -2.47. The summed E-state index contributed by atoms with van der Waals surface area (Å²) in [6, 6.07) is 7.29. The largest absolute Gasteiger partial charge is 0.394 e. The van der Waals surface area contributed by atoms with Crippen molar-refractivity contribution in [2.45, 2.75) is 58.2 Å². The fourth-order valence-corrected chi connectivity index (χ4v) is 5.90. The quantitative estimate of drug-likeness (QED) is 0.426. The SMILES string of the molecule is CC[C@H]1CN(c2nc(N)c(C(=O)N[C@H](CO)C(C)C)nc2Cl)CCN1C1CCN(C(=O)c2ccc(Cl)cc2)CC1. The Bertz CT molecular complexity index is 1190. The molecule has 0 unspecified atom stereocenters. The van der Waals surface area contributed by atoms with Crippen molar-refractivity contribution in [3.05, 3.63) is 45.7 Å². The molecular weight excluding hydrogens is 553 g/mol. The molecule has 12 heteroatoms. The van der Waals surface area contributed by atoms with E-state index in [0.29, 0.717) is 48.6 Å². The molecule has 3 heterocycles. The molecule has 2 aromatic rings. The smallest absolute Gasteiger partial charge is 0.274 e. The number of anilines is 2. The Labute approximate surface area is 245 Å². The fraction of sp³-hybridized carbons (Fsp3) is 0.571. The first-order valence-corrected chi connectivity index (χ1v) is 14.7. The van der Waals surface area contributed by atoms with E-state index >= 15 is 0 Å². The zero-order chi connectivity index (χ0) is 29.0. The van der Waals surface area contributed by atoms with Crippen LogP contribution in [-0.2, 0) is 0 Å². The molecule has 2 fully saturated rings. The number of rotatable bonds is 8. The molecule has 4 N–H and O–H groups in total. The van der Waals surface area contributed by atoms with Crippen LogP contribution in [0.4, 0.5) is 11.6 Å². The Balaban J connectivity index is 1.38. The second-order valence-corrected chi connectivity index (χ2v) is 11.6. The Kier molecular flexibility index (Phi) is 10.1. The lowest BCUT2D eigenvalue weighted by atomic mass is 9.97. The van der Waals surface area contributed by atoms with Gasteiger partial charge < -0.3 is 26.0 Å². The Morgan fingerprint density at radius 1 is 1.10 bits per heavy atom. The molecule has 1 aromatic carbocycles. The van der Waals surface area contributed by atoms with Gasteiger partial charge in [0.1, 0.15) is 0 Å². The Hall–Kier alpha value is -2.66. The van der Waals surface area contributed by atoms with Gasteiger partial charge in [0.15, 0.2) is 22.5 Å². The summed E-state index contributed by atoms with van der Waals surface area (Å²) in [7, 11) is 0. The standard InChI is InChI=1S/C28H39Cl2N7O3/c1-4-20-15-36(26-24(30)33-23(25(31)34-26)27(39)32-22(16-38)17(2)3)13-14-37(20)21-9-11-35(12-10-21)28(40)18-5-7-19(29)8-6-18/h5-8,17,20-22,38H,4,9-16H2,1-3H3,(H2,31,34)(H,32,39)/t20-,22+/m0/s1. The highest BCUT2D eigenvalue weighted by atomic mass is 35.5. The highest BCUT2D eigenvalue weighted by molar-refractivity contribution is 6.32. The van der Waals surface area contributed by atoms with Crippen LogP contribution in [0.5, 0.6) is 0 Å². The van der Waals surface area contributed by atoms with E-state index in [0.717, 1.165) is 25.8 Å². The lowest BCUT2D eigenvalue weighted by Crippen LogP contribution is -2.58. The molecule has 2 aliphatic heterocycles. The first-order valence-electron chi connectivity index (χ1n) is 13.9.